The first kappa shape index (κ1) is 22.6. The Bertz CT molecular complexity index is 1260. The third kappa shape index (κ3) is 5.23. The van der Waals surface area contributed by atoms with Crippen LogP contribution in [0, 0.1) is 0 Å². The van der Waals surface area contributed by atoms with Gasteiger partial charge in [0.05, 0.1) is 23.2 Å². The summed E-state index contributed by atoms with van der Waals surface area (Å²) in [5.74, 6) is 0.584. The number of anilines is 2. The van der Waals surface area contributed by atoms with Crippen molar-refractivity contribution in [1.29, 1.82) is 0 Å². The maximum absolute atomic E-state index is 13.0. The molecule has 0 aliphatic rings. The van der Waals surface area contributed by atoms with Gasteiger partial charge >= 0.3 is 6.03 Å². The van der Waals surface area contributed by atoms with Crippen LogP contribution in [-0.2, 0) is 11.8 Å². The SMILES string of the molecule is CC(O)Cc1ccc(-n2nc(C(C)(C)C)cc2NC(=O)Nc2cccc3ccccc23)cc1. The largest absolute Gasteiger partial charge is 0.393 e. The van der Waals surface area contributed by atoms with Crippen molar-refractivity contribution in [3.63, 3.8) is 0 Å². The number of aromatic nitrogens is 2. The molecular weight excluding hydrogens is 412 g/mol. The van der Waals surface area contributed by atoms with Crippen molar-refractivity contribution in [3.8, 4) is 5.69 Å². The van der Waals surface area contributed by atoms with Crippen molar-refractivity contribution in [3.05, 3.63) is 84.1 Å². The van der Waals surface area contributed by atoms with E-state index in [9.17, 15) is 9.90 Å². The molecule has 6 nitrogen and oxygen atoms in total. The molecule has 0 bridgehead atoms. The molecule has 3 N–H and O–H groups in total. The van der Waals surface area contributed by atoms with Gasteiger partial charge in [0, 0.05) is 16.9 Å². The summed E-state index contributed by atoms with van der Waals surface area (Å²) in [5, 5.41) is 22.4. The highest BCUT2D eigenvalue weighted by atomic mass is 16.3. The molecule has 1 aromatic heterocycles. The van der Waals surface area contributed by atoms with Crippen LogP contribution in [0.4, 0.5) is 16.3 Å². The molecule has 0 fully saturated rings. The summed E-state index contributed by atoms with van der Waals surface area (Å²) in [5.41, 5.74) is 3.31. The number of rotatable bonds is 5. The number of aliphatic hydroxyl groups excluding tert-OH is 1. The monoisotopic (exact) mass is 442 g/mol. The molecule has 0 aliphatic carbocycles. The second-order valence-electron chi connectivity index (χ2n) is 9.40. The molecule has 2 amide bonds. The van der Waals surface area contributed by atoms with Gasteiger partial charge in [-0.1, -0.05) is 69.3 Å². The van der Waals surface area contributed by atoms with Gasteiger partial charge < -0.3 is 10.4 Å². The molecule has 0 spiro atoms. The topological polar surface area (TPSA) is 79.2 Å². The fourth-order valence-electron chi connectivity index (χ4n) is 3.75. The van der Waals surface area contributed by atoms with Gasteiger partial charge in [0.2, 0.25) is 0 Å². The van der Waals surface area contributed by atoms with Crippen LogP contribution in [0.5, 0.6) is 0 Å². The molecule has 0 aliphatic heterocycles. The third-order valence-electron chi connectivity index (χ3n) is 5.47. The zero-order chi connectivity index (χ0) is 23.6. The summed E-state index contributed by atoms with van der Waals surface area (Å²) < 4.78 is 1.75. The Balaban J connectivity index is 1.62. The second kappa shape index (κ2) is 9.08. The number of carbonyl (C=O) groups excluding carboxylic acids is 1. The van der Waals surface area contributed by atoms with Crippen LogP contribution >= 0.6 is 0 Å². The maximum Gasteiger partial charge on any atom is 0.324 e. The molecule has 0 saturated carbocycles. The minimum absolute atomic E-state index is 0.181. The molecule has 1 atom stereocenters. The maximum atomic E-state index is 13.0. The molecule has 4 rings (SSSR count). The minimum atomic E-state index is -0.400. The lowest BCUT2D eigenvalue weighted by atomic mass is 9.92. The Hall–Kier alpha value is -3.64. The summed E-state index contributed by atoms with van der Waals surface area (Å²) in [7, 11) is 0. The molecule has 1 unspecified atom stereocenters. The van der Waals surface area contributed by atoms with E-state index < -0.39 is 6.10 Å². The number of fused-ring (bicyclic) bond motifs is 1. The summed E-state index contributed by atoms with van der Waals surface area (Å²) in [6.07, 6.45) is 0.189. The number of aliphatic hydroxyl groups is 1. The lowest BCUT2D eigenvalue weighted by molar-refractivity contribution is 0.195. The molecule has 3 aromatic carbocycles. The van der Waals surface area contributed by atoms with E-state index in [-0.39, 0.29) is 11.4 Å². The Kier molecular flexibility index (Phi) is 6.20. The third-order valence-corrected chi connectivity index (χ3v) is 5.47. The molecule has 6 heteroatoms. The number of nitrogens with one attached hydrogen (secondary N) is 2. The van der Waals surface area contributed by atoms with Crippen LogP contribution in [0.25, 0.3) is 16.5 Å². The smallest absolute Gasteiger partial charge is 0.324 e. The van der Waals surface area contributed by atoms with E-state index >= 15 is 0 Å². The first-order valence-electron chi connectivity index (χ1n) is 11.1. The predicted octanol–water partition coefficient (Wildman–Crippen LogP) is 5.89. The number of carbonyl (C=O) groups is 1. The highest BCUT2D eigenvalue weighted by Gasteiger charge is 2.21. The van der Waals surface area contributed by atoms with E-state index in [0.717, 1.165) is 33.4 Å². The second-order valence-corrected chi connectivity index (χ2v) is 9.40. The average molecular weight is 443 g/mol. The summed E-state index contributed by atoms with van der Waals surface area (Å²) >= 11 is 0. The fraction of sp³-hybridized carbons (Fsp3) is 0.259. The normalized spacial score (nSPS) is 12.5. The first-order chi connectivity index (χ1) is 15.7. The molecule has 1 heterocycles. The number of urea groups is 1. The van der Waals surface area contributed by atoms with Crippen LogP contribution in [0.15, 0.2) is 72.8 Å². The number of amides is 2. The van der Waals surface area contributed by atoms with Gasteiger partial charge in [0.15, 0.2) is 0 Å². The van der Waals surface area contributed by atoms with E-state index in [1.165, 1.54) is 0 Å². The number of hydrogen-bond acceptors (Lipinski definition) is 3. The van der Waals surface area contributed by atoms with Gasteiger partial charge in [0.25, 0.3) is 0 Å². The number of nitrogens with zero attached hydrogens (tertiary/aromatic N) is 2. The summed E-state index contributed by atoms with van der Waals surface area (Å²) in [6, 6.07) is 23.2. The molecule has 0 saturated heterocycles. The van der Waals surface area contributed by atoms with E-state index in [1.54, 1.807) is 11.6 Å². The van der Waals surface area contributed by atoms with Gasteiger partial charge in [-0.3, -0.25) is 5.32 Å². The first-order valence-corrected chi connectivity index (χ1v) is 11.1. The zero-order valence-corrected chi connectivity index (χ0v) is 19.5. The van der Waals surface area contributed by atoms with Crippen molar-refractivity contribution in [1.82, 2.24) is 9.78 Å². The number of hydrogen-bond donors (Lipinski definition) is 3. The molecule has 0 radical (unpaired) electrons. The highest BCUT2D eigenvalue weighted by molar-refractivity contribution is 6.06. The van der Waals surface area contributed by atoms with Crippen LogP contribution in [0.2, 0.25) is 0 Å². The van der Waals surface area contributed by atoms with Crippen molar-refractivity contribution in [2.24, 2.45) is 0 Å². The zero-order valence-electron chi connectivity index (χ0n) is 19.5. The van der Waals surface area contributed by atoms with Crippen molar-refractivity contribution < 1.29 is 9.90 Å². The Labute approximate surface area is 194 Å². The highest BCUT2D eigenvalue weighted by Crippen LogP contribution is 2.27. The van der Waals surface area contributed by atoms with Gasteiger partial charge in [-0.2, -0.15) is 5.10 Å². The average Bonchev–Trinajstić information content (AvgIpc) is 3.18. The van der Waals surface area contributed by atoms with Crippen molar-refractivity contribution in [2.75, 3.05) is 10.6 Å². The summed E-state index contributed by atoms with van der Waals surface area (Å²) in [4.78, 5) is 13.0. The van der Waals surface area contributed by atoms with Crippen LogP contribution in [0.3, 0.4) is 0 Å². The Morgan fingerprint density at radius 2 is 1.70 bits per heavy atom. The molecular formula is C27H30N4O2. The van der Waals surface area contributed by atoms with Crippen LogP contribution in [0.1, 0.15) is 39.0 Å². The van der Waals surface area contributed by atoms with Gasteiger partial charge in [-0.05, 0) is 42.5 Å². The lowest BCUT2D eigenvalue weighted by Gasteiger charge is -2.14. The van der Waals surface area contributed by atoms with Crippen molar-refractivity contribution in [2.45, 2.75) is 45.6 Å². The minimum Gasteiger partial charge on any atom is -0.393 e. The van der Waals surface area contributed by atoms with E-state index in [4.69, 9.17) is 5.10 Å². The van der Waals surface area contributed by atoms with Crippen LogP contribution < -0.4 is 10.6 Å². The predicted molar refractivity (Wildman–Crippen MR) is 134 cm³/mol. The van der Waals surface area contributed by atoms with Gasteiger partial charge in [-0.25, -0.2) is 9.48 Å². The molecule has 33 heavy (non-hydrogen) atoms. The molecule has 4 aromatic rings. The van der Waals surface area contributed by atoms with E-state index in [0.29, 0.717) is 12.2 Å². The van der Waals surface area contributed by atoms with Crippen LogP contribution in [-0.4, -0.2) is 27.0 Å². The van der Waals surface area contributed by atoms with Gasteiger partial charge in [-0.15, -0.1) is 0 Å². The van der Waals surface area contributed by atoms with E-state index in [2.05, 4.69) is 31.4 Å². The van der Waals surface area contributed by atoms with Gasteiger partial charge in [0.1, 0.15) is 5.82 Å². The number of benzene rings is 3. The lowest BCUT2D eigenvalue weighted by Crippen LogP contribution is -2.21. The van der Waals surface area contributed by atoms with Crippen molar-refractivity contribution >= 4 is 28.3 Å². The Morgan fingerprint density at radius 1 is 1.00 bits per heavy atom. The standard InChI is InChI=1S/C27H30N4O2/c1-18(32)16-19-12-14-21(15-13-19)31-25(17-24(30-31)27(2,3)4)29-26(33)28-23-11-7-9-20-8-5-6-10-22(20)23/h5-15,17-18,32H,16H2,1-4H3,(H2,28,29,33). The quantitative estimate of drug-likeness (QED) is 0.360. The fourth-order valence-corrected chi connectivity index (χ4v) is 3.75. The summed E-state index contributed by atoms with van der Waals surface area (Å²) in [6.45, 7) is 8.04. The van der Waals surface area contributed by atoms with E-state index in [1.807, 2.05) is 72.8 Å². The Morgan fingerprint density at radius 3 is 2.39 bits per heavy atom. The molecule has 170 valence electrons.